The van der Waals surface area contributed by atoms with Gasteiger partial charge in [-0.3, -0.25) is 4.90 Å². The highest BCUT2D eigenvalue weighted by molar-refractivity contribution is 7.19. The van der Waals surface area contributed by atoms with Crippen molar-refractivity contribution in [2.45, 2.75) is 32.9 Å². The number of hydrogen-bond donors (Lipinski definition) is 1. The van der Waals surface area contributed by atoms with Crippen LogP contribution >= 0.6 is 11.3 Å². The fraction of sp³-hybridized carbons (Fsp3) is 0.529. The molecule has 0 unspecified atom stereocenters. The standard InChI is InChI=1S/C17H23FN2S/c1-3-20(10-12-7-8-12)11-13-16(9-19-2)21-15-6-4-5-14(18)17(13)15/h4-6,12,19H,3,7-11H2,1-2H3. The van der Waals surface area contributed by atoms with Gasteiger partial charge in [0.05, 0.1) is 0 Å². The summed E-state index contributed by atoms with van der Waals surface area (Å²) in [4.78, 5) is 3.73. The van der Waals surface area contributed by atoms with E-state index in [1.165, 1.54) is 23.3 Å². The van der Waals surface area contributed by atoms with Gasteiger partial charge in [-0.05, 0) is 50.0 Å². The number of halogens is 1. The van der Waals surface area contributed by atoms with Gasteiger partial charge in [0.1, 0.15) is 5.82 Å². The third kappa shape index (κ3) is 3.28. The maximum absolute atomic E-state index is 14.3. The van der Waals surface area contributed by atoms with E-state index in [1.54, 1.807) is 17.4 Å². The van der Waals surface area contributed by atoms with Crippen molar-refractivity contribution in [3.8, 4) is 0 Å². The zero-order chi connectivity index (χ0) is 14.8. The van der Waals surface area contributed by atoms with Crippen molar-refractivity contribution in [1.82, 2.24) is 10.2 Å². The maximum atomic E-state index is 14.3. The number of nitrogens with zero attached hydrogens (tertiary/aromatic N) is 1. The van der Waals surface area contributed by atoms with Crippen LogP contribution in [0.4, 0.5) is 4.39 Å². The SMILES string of the molecule is CCN(Cc1c(CNC)sc2cccc(F)c12)CC1CC1. The first-order chi connectivity index (χ1) is 10.2. The highest BCUT2D eigenvalue weighted by Gasteiger charge is 2.25. The average Bonchev–Trinajstić information content (AvgIpc) is 3.21. The third-order valence-corrected chi connectivity index (χ3v) is 5.42. The molecule has 114 valence electrons. The van der Waals surface area contributed by atoms with E-state index in [4.69, 9.17) is 0 Å². The fourth-order valence-corrected chi connectivity index (χ4v) is 4.12. The molecule has 1 saturated carbocycles. The van der Waals surface area contributed by atoms with Crippen LogP contribution in [0.1, 0.15) is 30.2 Å². The molecule has 3 rings (SSSR count). The highest BCUT2D eigenvalue weighted by Crippen LogP contribution is 2.35. The summed E-state index contributed by atoms with van der Waals surface area (Å²) in [7, 11) is 1.95. The van der Waals surface area contributed by atoms with Crippen molar-refractivity contribution in [3.63, 3.8) is 0 Å². The summed E-state index contributed by atoms with van der Waals surface area (Å²) in [5, 5.41) is 4.05. The Balaban J connectivity index is 1.95. The molecule has 2 nitrogen and oxygen atoms in total. The second kappa shape index (κ2) is 6.42. The van der Waals surface area contributed by atoms with E-state index >= 15 is 0 Å². The minimum absolute atomic E-state index is 0.0800. The van der Waals surface area contributed by atoms with Crippen LogP contribution in [0, 0.1) is 11.7 Å². The Bertz CT molecular complexity index is 619. The van der Waals surface area contributed by atoms with Gasteiger partial charge in [-0.15, -0.1) is 11.3 Å². The van der Waals surface area contributed by atoms with Gasteiger partial charge < -0.3 is 5.32 Å². The van der Waals surface area contributed by atoms with E-state index in [0.717, 1.165) is 42.2 Å². The summed E-state index contributed by atoms with van der Waals surface area (Å²) in [6, 6.07) is 5.42. The van der Waals surface area contributed by atoms with Crippen molar-refractivity contribution in [3.05, 3.63) is 34.5 Å². The van der Waals surface area contributed by atoms with Crippen LogP contribution in [0.25, 0.3) is 10.1 Å². The highest BCUT2D eigenvalue weighted by atomic mass is 32.1. The molecule has 1 aliphatic carbocycles. The molecule has 1 aromatic heterocycles. The largest absolute Gasteiger partial charge is 0.315 e. The summed E-state index contributed by atoms with van der Waals surface area (Å²) >= 11 is 1.72. The Labute approximate surface area is 130 Å². The van der Waals surface area contributed by atoms with Crippen LogP contribution in [0.5, 0.6) is 0 Å². The molecule has 0 aliphatic heterocycles. The predicted molar refractivity (Wildman–Crippen MR) is 88.2 cm³/mol. The van der Waals surface area contributed by atoms with Gasteiger partial charge in [0, 0.05) is 34.6 Å². The molecular formula is C17H23FN2S. The Kier molecular flexibility index (Phi) is 4.57. The molecule has 4 heteroatoms. The van der Waals surface area contributed by atoms with Crippen LogP contribution in [0.15, 0.2) is 18.2 Å². The normalized spacial score (nSPS) is 15.2. The molecule has 0 atom stereocenters. The zero-order valence-corrected chi connectivity index (χ0v) is 13.6. The monoisotopic (exact) mass is 306 g/mol. The minimum atomic E-state index is -0.0800. The van der Waals surface area contributed by atoms with Crippen LogP contribution in [0.3, 0.4) is 0 Å². The first-order valence-electron chi connectivity index (χ1n) is 7.78. The molecular weight excluding hydrogens is 283 g/mol. The Morgan fingerprint density at radius 1 is 1.38 bits per heavy atom. The number of benzene rings is 1. The van der Waals surface area contributed by atoms with Gasteiger partial charge in [-0.1, -0.05) is 13.0 Å². The zero-order valence-electron chi connectivity index (χ0n) is 12.8. The van der Waals surface area contributed by atoms with Gasteiger partial charge >= 0.3 is 0 Å². The van der Waals surface area contributed by atoms with Crippen molar-refractivity contribution in [2.75, 3.05) is 20.1 Å². The lowest BCUT2D eigenvalue weighted by atomic mass is 10.1. The molecule has 1 fully saturated rings. The third-order valence-electron chi connectivity index (χ3n) is 4.23. The summed E-state index contributed by atoms with van der Waals surface area (Å²) in [5.74, 6) is 0.788. The number of fused-ring (bicyclic) bond motifs is 1. The predicted octanol–water partition coefficient (Wildman–Crippen LogP) is 3.99. The smallest absolute Gasteiger partial charge is 0.132 e. The van der Waals surface area contributed by atoms with Crippen LogP contribution in [-0.4, -0.2) is 25.0 Å². The van der Waals surface area contributed by atoms with Gasteiger partial charge in [-0.25, -0.2) is 4.39 Å². The molecule has 0 radical (unpaired) electrons. The molecule has 2 aromatic rings. The van der Waals surface area contributed by atoms with Gasteiger partial charge in [0.15, 0.2) is 0 Å². The van der Waals surface area contributed by atoms with Crippen molar-refractivity contribution in [1.29, 1.82) is 0 Å². The van der Waals surface area contributed by atoms with Crippen LogP contribution in [-0.2, 0) is 13.1 Å². The minimum Gasteiger partial charge on any atom is -0.315 e. The van der Waals surface area contributed by atoms with Gasteiger partial charge in [0.2, 0.25) is 0 Å². The lowest BCUT2D eigenvalue weighted by Crippen LogP contribution is -2.25. The summed E-state index contributed by atoms with van der Waals surface area (Å²) in [6.45, 7) is 6.06. The second-order valence-electron chi connectivity index (χ2n) is 5.92. The number of thiophene rings is 1. The van der Waals surface area contributed by atoms with E-state index in [-0.39, 0.29) is 5.82 Å². The molecule has 21 heavy (non-hydrogen) atoms. The molecule has 0 bridgehead atoms. The molecule has 0 amide bonds. The summed E-state index contributed by atoms with van der Waals surface area (Å²) in [5.41, 5.74) is 1.19. The quantitative estimate of drug-likeness (QED) is 0.832. The lowest BCUT2D eigenvalue weighted by Gasteiger charge is -2.21. The van der Waals surface area contributed by atoms with E-state index in [0.29, 0.717) is 0 Å². The summed E-state index contributed by atoms with van der Waals surface area (Å²) < 4.78 is 15.4. The topological polar surface area (TPSA) is 15.3 Å². The molecule has 1 aromatic carbocycles. The molecule has 0 spiro atoms. The molecule has 0 saturated heterocycles. The number of rotatable bonds is 7. The second-order valence-corrected chi connectivity index (χ2v) is 7.05. The maximum Gasteiger partial charge on any atom is 0.132 e. The molecule has 1 N–H and O–H groups in total. The Morgan fingerprint density at radius 3 is 2.86 bits per heavy atom. The molecule has 1 heterocycles. The summed E-state index contributed by atoms with van der Waals surface area (Å²) in [6.07, 6.45) is 2.72. The first kappa shape index (κ1) is 14.9. The number of hydrogen-bond acceptors (Lipinski definition) is 3. The lowest BCUT2D eigenvalue weighted by molar-refractivity contribution is 0.268. The first-order valence-corrected chi connectivity index (χ1v) is 8.60. The van der Waals surface area contributed by atoms with Crippen molar-refractivity contribution in [2.24, 2.45) is 5.92 Å². The van der Waals surface area contributed by atoms with E-state index in [9.17, 15) is 4.39 Å². The Hall–Kier alpha value is -0.970. The number of nitrogens with one attached hydrogen (secondary N) is 1. The van der Waals surface area contributed by atoms with Crippen molar-refractivity contribution < 1.29 is 4.39 Å². The van der Waals surface area contributed by atoms with E-state index in [1.807, 2.05) is 19.2 Å². The van der Waals surface area contributed by atoms with E-state index in [2.05, 4.69) is 17.1 Å². The molecule has 1 aliphatic rings. The average molecular weight is 306 g/mol. The van der Waals surface area contributed by atoms with Crippen LogP contribution in [0.2, 0.25) is 0 Å². The van der Waals surface area contributed by atoms with Crippen molar-refractivity contribution >= 4 is 21.4 Å². The fourth-order valence-electron chi connectivity index (χ4n) is 2.88. The van der Waals surface area contributed by atoms with Gasteiger partial charge in [-0.2, -0.15) is 0 Å². The van der Waals surface area contributed by atoms with Gasteiger partial charge in [0.25, 0.3) is 0 Å². The van der Waals surface area contributed by atoms with E-state index < -0.39 is 0 Å². The Morgan fingerprint density at radius 2 is 2.19 bits per heavy atom. The van der Waals surface area contributed by atoms with Crippen LogP contribution < -0.4 is 5.32 Å².